The van der Waals surface area contributed by atoms with Gasteiger partial charge in [-0.15, -0.1) is 0 Å². The predicted molar refractivity (Wildman–Crippen MR) is 119 cm³/mol. The molecule has 5 rings (SSSR count). The van der Waals surface area contributed by atoms with E-state index in [1.165, 1.54) is 43.3 Å². The standard InChI is InChI=1S/C27H42O3/c1-16(2)7-6-8-17(3)19-9-10-20-22-21(12-13-25(19,20)4)26(5)14-11-18(28)15-27(26)24(30-27)23(22)29/h16-19,21,24,28H,6-15H2,1-5H3/t17-,18+,19-,21+,24+,25-,26-,27+/m1/s1. The van der Waals surface area contributed by atoms with Gasteiger partial charge in [-0.2, -0.15) is 0 Å². The number of carbonyl (C=O) groups excluding carboxylic acids is 1. The number of Topliss-reactive ketones (excluding diaryl/α,β-unsaturated/α-hetero) is 1. The number of allylic oxidation sites excluding steroid dienone is 1. The topological polar surface area (TPSA) is 49.8 Å². The normalized spacial score (nSPS) is 48.2. The van der Waals surface area contributed by atoms with E-state index in [9.17, 15) is 9.90 Å². The van der Waals surface area contributed by atoms with E-state index in [4.69, 9.17) is 4.74 Å². The molecule has 168 valence electrons. The SMILES string of the molecule is CC(C)CCC[C@@H](C)[C@H]1CCC2=C3C(=O)[C@@H]4O[C@@]45C[C@@H](O)CC[C@]5(C)[C@H]3CC[C@@]21C. The molecule has 0 bridgehead atoms. The number of ether oxygens (including phenoxy) is 1. The average Bonchev–Trinajstić information content (AvgIpc) is 3.29. The van der Waals surface area contributed by atoms with Crippen molar-refractivity contribution >= 4 is 5.78 Å². The second kappa shape index (κ2) is 6.91. The van der Waals surface area contributed by atoms with Crippen LogP contribution in [0.5, 0.6) is 0 Å². The van der Waals surface area contributed by atoms with Gasteiger partial charge >= 0.3 is 0 Å². The fourth-order valence-corrected chi connectivity index (χ4v) is 8.63. The summed E-state index contributed by atoms with van der Waals surface area (Å²) in [6, 6.07) is 0. The summed E-state index contributed by atoms with van der Waals surface area (Å²) in [5.74, 6) is 2.88. The number of aliphatic hydroxyl groups excluding tert-OH is 1. The first-order valence-electron chi connectivity index (χ1n) is 12.8. The van der Waals surface area contributed by atoms with Gasteiger partial charge in [0.25, 0.3) is 0 Å². The van der Waals surface area contributed by atoms with Gasteiger partial charge in [-0.1, -0.05) is 59.5 Å². The largest absolute Gasteiger partial charge is 0.393 e. The van der Waals surface area contributed by atoms with Crippen molar-refractivity contribution in [3.8, 4) is 0 Å². The Morgan fingerprint density at radius 3 is 2.60 bits per heavy atom. The van der Waals surface area contributed by atoms with Crippen molar-refractivity contribution in [3.63, 3.8) is 0 Å². The second-order valence-corrected chi connectivity index (χ2v) is 12.4. The minimum absolute atomic E-state index is 0.0233. The van der Waals surface area contributed by atoms with E-state index in [2.05, 4.69) is 34.6 Å². The number of hydrogen-bond donors (Lipinski definition) is 1. The zero-order valence-electron chi connectivity index (χ0n) is 19.8. The first-order chi connectivity index (χ1) is 14.1. The highest BCUT2D eigenvalue weighted by molar-refractivity contribution is 6.04. The zero-order valence-corrected chi connectivity index (χ0v) is 19.8. The van der Waals surface area contributed by atoms with Gasteiger partial charge in [-0.3, -0.25) is 4.79 Å². The first kappa shape index (κ1) is 21.2. The number of rotatable bonds is 5. The quantitative estimate of drug-likeness (QED) is 0.575. The van der Waals surface area contributed by atoms with Gasteiger partial charge in [0.2, 0.25) is 0 Å². The zero-order chi connectivity index (χ0) is 21.5. The van der Waals surface area contributed by atoms with E-state index in [1.54, 1.807) is 0 Å². The number of carbonyl (C=O) groups is 1. The molecule has 0 unspecified atom stereocenters. The molecule has 8 atom stereocenters. The number of fused-ring (bicyclic) bond motifs is 3. The molecule has 1 heterocycles. The smallest absolute Gasteiger partial charge is 0.190 e. The Hall–Kier alpha value is -0.670. The summed E-state index contributed by atoms with van der Waals surface area (Å²) in [6.07, 6.45) is 10.6. The van der Waals surface area contributed by atoms with Crippen LogP contribution in [0.1, 0.15) is 98.8 Å². The number of ketones is 1. The predicted octanol–water partition coefficient (Wildman–Crippen LogP) is 5.84. The van der Waals surface area contributed by atoms with Crippen molar-refractivity contribution in [1.82, 2.24) is 0 Å². The average molecular weight is 415 g/mol. The fourth-order valence-electron chi connectivity index (χ4n) is 8.63. The summed E-state index contributed by atoms with van der Waals surface area (Å²) < 4.78 is 6.23. The van der Waals surface area contributed by atoms with Crippen molar-refractivity contribution < 1.29 is 14.6 Å². The second-order valence-electron chi connectivity index (χ2n) is 12.4. The number of epoxide rings is 1. The Balaban J connectivity index is 1.45. The van der Waals surface area contributed by atoms with Crippen molar-refractivity contribution in [3.05, 3.63) is 11.1 Å². The van der Waals surface area contributed by atoms with Crippen LogP contribution in [0.2, 0.25) is 0 Å². The van der Waals surface area contributed by atoms with Gasteiger partial charge in [0, 0.05) is 17.4 Å². The summed E-state index contributed by atoms with van der Waals surface area (Å²) in [4.78, 5) is 13.6. The molecule has 3 saturated carbocycles. The van der Waals surface area contributed by atoms with Crippen molar-refractivity contribution in [1.29, 1.82) is 0 Å². The van der Waals surface area contributed by atoms with Crippen molar-refractivity contribution in [2.45, 2.75) is 117 Å². The van der Waals surface area contributed by atoms with E-state index in [1.807, 2.05) is 0 Å². The molecule has 4 aliphatic carbocycles. The highest BCUT2D eigenvalue weighted by atomic mass is 16.6. The number of hydrogen-bond acceptors (Lipinski definition) is 3. The van der Waals surface area contributed by atoms with E-state index in [-0.39, 0.29) is 28.6 Å². The minimum atomic E-state index is -0.369. The molecule has 4 fully saturated rings. The maximum atomic E-state index is 13.6. The summed E-state index contributed by atoms with van der Waals surface area (Å²) in [7, 11) is 0. The van der Waals surface area contributed by atoms with Gasteiger partial charge < -0.3 is 9.84 Å². The highest BCUT2D eigenvalue weighted by Crippen LogP contribution is 2.71. The lowest BCUT2D eigenvalue weighted by Gasteiger charge is -2.54. The van der Waals surface area contributed by atoms with Crippen LogP contribution in [0.3, 0.4) is 0 Å². The Bertz CT molecular complexity index is 768. The first-order valence-corrected chi connectivity index (χ1v) is 12.8. The van der Waals surface area contributed by atoms with Crippen molar-refractivity contribution in [2.75, 3.05) is 0 Å². The molecule has 0 aromatic rings. The van der Waals surface area contributed by atoms with Crippen LogP contribution >= 0.6 is 0 Å². The third-order valence-electron chi connectivity index (χ3n) is 10.4. The molecule has 3 heteroatoms. The molecule has 0 radical (unpaired) electrons. The van der Waals surface area contributed by atoms with Gasteiger partial charge in [-0.25, -0.2) is 0 Å². The van der Waals surface area contributed by atoms with Crippen LogP contribution in [-0.4, -0.2) is 28.7 Å². The van der Waals surface area contributed by atoms with Crippen LogP contribution in [-0.2, 0) is 9.53 Å². The minimum Gasteiger partial charge on any atom is -0.393 e. The van der Waals surface area contributed by atoms with Crippen LogP contribution in [0.15, 0.2) is 11.1 Å². The van der Waals surface area contributed by atoms with Crippen LogP contribution in [0, 0.1) is 34.5 Å². The summed E-state index contributed by atoms with van der Waals surface area (Å²) in [5.41, 5.74) is 2.57. The molecular weight excluding hydrogens is 372 g/mol. The Kier molecular flexibility index (Phi) is 4.88. The molecule has 5 aliphatic rings. The monoisotopic (exact) mass is 414 g/mol. The molecule has 1 saturated heterocycles. The van der Waals surface area contributed by atoms with Crippen LogP contribution in [0.4, 0.5) is 0 Å². The summed E-state index contributed by atoms with van der Waals surface area (Å²) in [6.45, 7) is 12.0. The maximum absolute atomic E-state index is 13.6. The lowest BCUT2D eigenvalue weighted by molar-refractivity contribution is -0.121. The lowest BCUT2D eigenvalue weighted by atomic mass is 9.48. The Morgan fingerprint density at radius 2 is 1.87 bits per heavy atom. The highest BCUT2D eigenvalue weighted by Gasteiger charge is 2.77. The van der Waals surface area contributed by atoms with Crippen LogP contribution < -0.4 is 0 Å². The molecule has 0 aromatic heterocycles. The third-order valence-corrected chi connectivity index (χ3v) is 10.4. The molecular formula is C27H42O3. The molecule has 3 nitrogen and oxygen atoms in total. The maximum Gasteiger partial charge on any atom is 0.190 e. The third kappa shape index (κ3) is 2.73. The molecule has 0 aromatic carbocycles. The van der Waals surface area contributed by atoms with E-state index in [0.29, 0.717) is 24.0 Å². The molecule has 0 amide bonds. The van der Waals surface area contributed by atoms with Crippen LogP contribution in [0.25, 0.3) is 0 Å². The lowest BCUT2D eigenvalue weighted by Crippen LogP contribution is -2.56. The molecule has 1 N–H and O–H groups in total. The van der Waals surface area contributed by atoms with Gasteiger partial charge in [0.1, 0.15) is 5.60 Å². The Labute approximate surface area is 183 Å². The molecule has 1 spiro atoms. The molecule has 1 aliphatic heterocycles. The van der Waals surface area contributed by atoms with Gasteiger partial charge in [0.05, 0.1) is 6.10 Å². The van der Waals surface area contributed by atoms with Gasteiger partial charge in [-0.05, 0) is 67.6 Å². The van der Waals surface area contributed by atoms with E-state index >= 15 is 0 Å². The van der Waals surface area contributed by atoms with E-state index < -0.39 is 0 Å². The van der Waals surface area contributed by atoms with Crippen molar-refractivity contribution in [2.24, 2.45) is 34.5 Å². The Morgan fingerprint density at radius 1 is 1.10 bits per heavy atom. The molecule has 30 heavy (non-hydrogen) atoms. The van der Waals surface area contributed by atoms with Gasteiger partial charge in [0.15, 0.2) is 11.9 Å². The summed E-state index contributed by atoms with van der Waals surface area (Å²) in [5, 5.41) is 10.3. The van der Waals surface area contributed by atoms with E-state index in [0.717, 1.165) is 37.5 Å². The number of aliphatic hydroxyl groups is 1. The fraction of sp³-hybridized carbons (Fsp3) is 0.889. The summed E-state index contributed by atoms with van der Waals surface area (Å²) >= 11 is 0.